The number of rotatable bonds is 8. The van der Waals surface area contributed by atoms with Crippen LogP contribution in [0.3, 0.4) is 0 Å². The molecule has 5 nitrogen and oxygen atoms in total. The van der Waals surface area contributed by atoms with Crippen molar-refractivity contribution in [2.75, 3.05) is 27.9 Å². The third-order valence-electron chi connectivity index (χ3n) is 2.91. The average Bonchev–Trinajstić information content (AvgIpc) is 2.48. The second-order valence-corrected chi connectivity index (χ2v) is 5.13. The van der Waals surface area contributed by atoms with E-state index in [2.05, 4.69) is 21.2 Å². The minimum Gasteiger partial charge on any atom is -0.379 e. The molecule has 20 heavy (non-hydrogen) atoms. The average molecular weight is 346 g/mol. The van der Waals surface area contributed by atoms with Crippen molar-refractivity contribution in [2.45, 2.75) is 18.8 Å². The number of nitrogens with one attached hydrogen (secondary N) is 1. The molecular formula is C14H20BrNO4. The van der Waals surface area contributed by atoms with Crippen LogP contribution in [0.5, 0.6) is 0 Å². The zero-order valence-electron chi connectivity index (χ0n) is 11.9. The molecule has 6 heteroatoms. The fraction of sp³-hybridized carbons (Fsp3) is 0.500. The van der Waals surface area contributed by atoms with Crippen LogP contribution in [-0.2, 0) is 14.2 Å². The summed E-state index contributed by atoms with van der Waals surface area (Å²) in [5.74, 6) is -0.133. The van der Waals surface area contributed by atoms with Gasteiger partial charge in [-0.1, -0.05) is 15.9 Å². The lowest BCUT2D eigenvalue weighted by Crippen LogP contribution is -2.36. The van der Waals surface area contributed by atoms with Gasteiger partial charge in [0.25, 0.3) is 5.91 Å². The van der Waals surface area contributed by atoms with Crippen molar-refractivity contribution in [2.24, 2.45) is 0 Å². The smallest absolute Gasteiger partial charge is 0.251 e. The van der Waals surface area contributed by atoms with E-state index in [1.807, 2.05) is 12.1 Å². The van der Waals surface area contributed by atoms with Gasteiger partial charge in [-0.2, -0.15) is 0 Å². The number of amides is 1. The molecule has 0 fully saturated rings. The van der Waals surface area contributed by atoms with E-state index in [0.29, 0.717) is 18.5 Å². The molecule has 0 aliphatic rings. The number of carbonyl (C=O) groups is 1. The maximum Gasteiger partial charge on any atom is 0.251 e. The molecule has 0 spiro atoms. The highest BCUT2D eigenvalue weighted by Crippen LogP contribution is 2.10. The summed E-state index contributed by atoms with van der Waals surface area (Å²) in [6, 6.07) is 7.17. The lowest BCUT2D eigenvalue weighted by atomic mass is 10.2. The van der Waals surface area contributed by atoms with E-state index in [1.54, 1.807) is 33.5 Å². The number of carbonyl (C=O) groups excluding carboxylic acids is 1. The topological polar surface area (TPSA) is 56.8 Å². The minimum atomic E-state index is -0.343. The highest BCUT2D eigenvalue weighted by atomic mass is 79.9. The first-order chi connectivity index (χ1) is 9.60. The number of benzene rings is 1. The van der Waals surface area contributed by atoms with Gasteiger partial charge in [0, 0.05) is 44.3 Å². The Morgan fingerprint density at radius 2 is 1.75 bits per heavy atom. The third kappa shape index (κ3) is 5.58. The Kier molecular flexibility index (Phi) is 7.76. The lowest BCUT2D eigenvalue weighted by molar-refractivity contribution is -0.125. The Morgan fingerprint density at radius 3 is 2.25 bits per heavy atom. The van der Waals surface area contributed by atoms with Crippen LogP contribution >= 0.6 is 15.9 Å². The number of methoxy groups -OCH3 is 3. The molecule has 0 aromatic heterocycles. The number of ether oxygens (including phenoxy) is 3. The van der Waals surface area contributed by atoms with Gasteiger partial charge in [0.15, 0.2) is 6.29 Å². The van der Waals surface area contributed by atoms with Gasteiger partial charge in [-0.25, -0.2) is 0 Å². The first kappa shape index (κ1) is 17.1. The summed E-state index contributed by atoms with van der Waals surface area (Å²) in [5.41, 5.74) is 0.609. The summed E-state index contributed by atoms with van der Waals surface area (Å²) < 4.78 is 16.5. The minimum absolute atomic E-state index is 0.133. The molecule has 0 heterocycles. The Hall–Kier alpha value is -0.950. The fourth-order valence-corrected chi connectivity index (χ4v) is 1.94. The summed E-state index contributed by atoms with van der Waals surface area (Å²) in [5, 5.41) is 2.83. The van der Waals surface area contributed by atoms with E-state index in [-0.39, 0.29) is 18.3 Å². The molecular weight excluding hydrogens is 326 g/mol. The van der Waals surface area contributed by atoms with Crippen molar-refractivity contribution in [3.63, 3.8) is 0 Å². The van der Waals surface area contributed by atoms with Gasteiger partial charge >= 0.3 is 0 Å². The molecule has 1 amide bonds. The van der Waals surface area contributed by atoms with Crippen LogP contribution in [0.4, 0.5) is 0 Å². The quantitative estimate of drug-likeness (QED) is 0.734. The van der Waals surface area contributed by atoms with Crippen LogP contribution in [-0.4, -0.2) is 46.2 Å². The summed E-state index contributed by atoms with van der Waals surface area (Å²) in [6.07, 6.45) is 0.0354. The molecule has 0 aliphatic carbocycles. The summed E-state index contributed by atoms with van der Waals surface area (Å²) >= 11 is 3.33. The zero-order chi connectivity index (χ0) is 15.0. The van der Waals surface area contributed by atoms with Crippen molar-refractivity contribution in [1.29, 1.82) is 0 Å². The van der Waals surface area contributed by atoms with Gasteiger partial charge in [0.1, 0.15) is 0 Å². The highest BCUT2D eigenvalue weighted by molar-refractivity contribution is 9.10. The van der Waals surface area contributed by atoms with Crippen molar-refractivity contribution in [3.05, 3.63) is 34.3 Å². The predicted molar refractivity (Wildman–Crippen MR) is 79.7 cm³/mol. The molecule has 1 atom stereocenters. The third-order valence-corrected chi connectivity index (χ3v) is 3.44. The number of hydrogen-bond donors (Lipinski definition) is 1. The molecule has 1 aromatic rings. The standard InChI is InChI=1S/C14H20BrNO4/c1-18-12(8-13(19-2)20-3)9-16-14(17)10-4-6-11(15)7-5-10/h4-7,12-13H,8-9H2,1-3H3,(H,16,17). The van der Waals surface area contributed by atoms with Gasteiger partial charge in [-0.3, -0.25) is 4.79 Å². The molecule has 0 aliphatic heterocycles. The zero-order valence-corrected chi connectivity index (χ0v) is 13.5. The van der Waals surface area contributed by atoms with Crippen LogP contribution < -0.4 is 5.32 Å². The highest BCUT2D eigenvalue weighted by Gasteiger charge is 2.16. The molecule has 0 bridgehead atoms. The van der Waals surface area contributed by atoms with Gasteiger partial charge < -0.3 is 19.5 Å². The van der Waals surface area contributed by atoms with Crippen LogP contribution in [0, 0.1) is 0 Å². The predicted octanol–water partition coefficient (Wildman–Crippen LogP) is 2.20. The first-order valence-electron chi connectivity index (χ1n) is 6.22. The normalized spacial score (nSPS) is 12.4. The summed E-state index contributed by atoms with van der Waals surface area (Å²) in [4.78, 5) is 12.0. The van der Waals surface area contributed by atoms with E-state index in [4.69, 9.17) is 14.2 Å². The van der Waals surface area contributed by atoms with Crippen LogP contribution in [0.25, 0.3) is 0 Å². The van der Waals surface area contributed by atoms with Crippen molar-refractivity contribution in [1.82, 2.24) is 5.32 Å². The van der Waals surface area contributed by atoms with Crippen molar-refractivity contribution in [3.8, 4) is 0 Å². The Balaban J connectivity index is 2.47. The van der Waals surface area contributed by atoms with E-state index in [9.17, 15) is 4.79 Å². The van der Waals surface area contributed by atoms with E-state index in [1.165, 1.54) is 0 Å². The fourth-order valence-electron chi connectivity index (χ4n) is 1.68. The van der Waals surface area contributed by atoms with E-state index < -0.39 is 0 Å². The van der Waals surface area contributed by atoms with Gasteiger partial charge in [-0.15, -0.1) is 0 Å². The largest absolute Gasteiger partial charge is 0.379 e. The molecule has 1 aromatic carbocycles. The Labute approximate surface area is 127 Å². The maximum absolute atomic E-state index is 12.0. The molecule has 112 valence electrons. The van der Waals surface area contributed by atoms with Gasteiger partial charge in [-0.05, 0) is 24.3 Å². The second-order valence-electron chi connectivity index (χ2n) is 4.21. The second kappa shape index (κ2) is 9.07. The number of halogens is 1. The summed E-state index contributed by atoms with van der Waals surface area (Å²) in [7, 11) is 4.74. The lowest BCUT2D eigenvalue weighted by Gasteiger charge is -2.21. The van der Waals surface area contributed by atoms with Crippen LogP contribution in [0.1, 0.15) is 16.8 Å². The van der Waals surface area contributed by atoms with Crippen molar-refractivity contribution < 1.29 is 19.0 Å². The SMILES string of the molecule is COC(CNC(=O)c1ccc(Br)cc1)CC(OC)OC. The molecule has 1 rings (SSSR count). The Morgan fingerprint density at radius 1 is 1.15 bits per heavy atom. The Bertz CT molecular complexity index is 406. The van der Waals surface area contributed by atoms with Crippen LogP contribution in [0.15, 0.2) is 28.7 Å². The monoisotopic (exact) mass is 345 g/mol. The van der Waals surface area contributed by atoms with E-state index >= 15 is 0 Å². The maximum atomic E-state index is 12.0. The summed E-state index contributed by atoms with van der Waals surface area (Å²) in [6.45, 7) is 0.397. The first-order valence-corrected chi connectivity index (χ1v) is 7.02. The van der Waals surface area contributed by atoms with Crippen molar-refractivity contribution >= 4 is 21.8 Å². The molecule has 0 saturated carbocycles. The van der Waals surface area contributed by atoms with E-state index in [0.717, 1.165) is 4.47 Å². The number of hydrogen-bond acceptors (Lipinski definition) is 4. The molecule has 0 radical (unpaired) electrons. The molecule has 1 unspecified atom stereocenters. The van der Waals surface area contributed by atoms with Crippen LogP contribution in [0.2, 0.25) is 0 Å². The molecule has 0 saturated heterocycles. The molecule has 1 N–H and O–H groups in total. The van der Waals surface area contributed by atoms with Gasteiger partial charge in [0.2, 0.25) is 0 Å². The van der Waals surface area contributed by atoms with Gasteiger partial charge in [0.05, 0.1) is 6.10 Å².